The maximum atomic E-state index is 12.1. The molecule has 2 amide bonds. The average molecular weight is 420 g/mol. The molecule has 1 heterocycles. The third-order valence-electron chi connectivity index (χ3n) is 4.16. The summed E-state index contributed by atoms with van der Waals surface area (Å²) in [5.74, 6) is -0.979. The molecule has 1 aromatic carbocycles. The van der Waals surface area contributed by atoms with Crippen molar-refractivity contribution in [3.8, 4) is 0 Å². The first-order valence-corrected chi connectivity index (χ1v) is 10.7. The SMILES string of the molecule is CCN(CC)c1ccc(C(=O)NNC(=O)CCNS(=O)(=O)c2cccnc2)cc1. The number of carbonyl (C=O) groups excluding carboxylic acids is 2. The molecule has 0 fully saturated rings. The Morgan fingerprint density at radius 1 is 1.03 bits per heavy atom. The Labute approximate surface area is 170 Å². The van der Waals surface area contributed by atoms with Crippen LogP contribution < -0.4 is 20.5 Å². The zero-order valence-corrected chi connectivity index (χ0v) is 17.2. The van der Waals surface area contributed by atoms with E-state index in [4.69, 9.17) is 0 Å². The van der Waals surface area contributed by atoms with Gasteiger partial charge in [0.05, 0.1) is 0 Å². The molecule has 0 aliphatic rings. The molecule has 0 radical (unpaired) electrons. The Morgan fingerprint density at radius 2 is 1.72 bits per heavy atom. The molecule has 2 rings (SSSR count). The molecule has 0 saturated carbocycles. The van der Waals surface area contributed by atoms with E-state index in [0.717, 1.165) is 18.8 Å². The third-order valence-corrected chi connectivity index (χ3v) is 5.61. The van der Waals surface area contributed by atoms with Gasteiger partial charge in [-0.15, -0.1) is 0 Å². The summed E-state index contributed by atoms with van der Waals surface area (Å²) in [6.07, 6.45) is 2.54. The molecule has 0 saturated heterocycles. The molecular weight excluding hydrogens is 394 g/mol. The van der Waals surface area contributed by atoms with Gasteiger partial charge in [0.25, 0.3) is 5.91 Å². The number of benzene rings is 1. The van der Waals surface area contributed by atoms with Gasteiger partial charge in [-0.1, -0.05) is 0 Å². The van der Waals surface area contributed by atoms with E-state index in [1.165, 1.54) is 24.5 Å². The highest BCUT2D eigenvalue weighted by Gasteiger charge is 2.14. The Morgan fingerprint density at radius 3 is 2.31 bits per heavy atom. The van der Waals surface area contributed by atoms with Gasteiger partial charge >= 0.3 is 0 Å². The van der Waals surface area contributed by atoms with Crippen LogP contribution >= 0.6 is 0 Å². The van der Waals surface area contributed by atoms with Crippen LogP contribution in [-0.4, -0.2) is 44.9 Å². The molecule has 0 atom stereocenters. The van der Waals surface area contributed by atoms with Crippen molar-refractivity contribution >= 4 is 27.5 Å². The highest BCUT2D eigenvalue weighted by molar-refractivity contribution is 7.89. The van der Waals surface area contributed by atoms with E-state index in [1.54, 1.807) is 12.1 Å². The zero-order chi connectivity index (χ0) is 21.3. The van der Waals surface area contributed by atoms with Gasteiger partial charge in [-0.25, -0.2) is 13.1 Å². The molecule has 9 nitrogen and oxygen atoms in total. The largest absolute Gasteiger partial charge is 0.372 e. The third kappa shape index (κ3) is 6.54. The van der Waals surface area contributed by atoms with Crippen molar-refractivity contribution in [1.82, 2.24) is 20.6 Å². The lowest BCUT2D eigenvalue weighted by Gasteiger charge is -2.21. The summed E-state index contributed by atoms with van der Waals surface area (Å²) in [7, 11) is -3.73. The van der Waals surface area contributed by atoms with Crippen LogP contribution in [-0.2, 0) is 14.8 Å². The minimum Gasteiger partial charge on any atom is -0.372 e. The molecular formula is C19H25N5O4S. The van der Waals surface area contributed by atoms with Crippen LogP contribution in [0.15, 0.2) is 53.7 Å². The number of aromatic nitrogens is 1. The Hall–Kier alpha value is -2.98. The summed E-state index contributed by atoms with van der Waals surface area (Å²) in [6, 6.07) is 9.95. The second-order valence-corrected chi connectivity index (χ2v) is 7.82. The van der Waals surface area contributed by atoms with Crippen molar-refractivity contribution in [2.45, 2.75) is 25.2 Å². The Bertz CT molecular complexity index is 913. The number of rotatable bonds is 9. The summed E-state index contributed by atoms with van der Waals surface area (Å²) in [4.78, 5) is 29.9. The highest BCUT2D eigenvalue weighted by Crippen LogP contribution is 2.14. The summed E-state index contributed by atoms with van der Waals surface area (Å²) >= 11 is 0. The van der Waals surface area contributed by atoms with Crippen LogP contribution in [0.4, 0.5) is 5.69 Å². The first kappa shape index (κ1) is 22.3. The normalized spacial score (nSPS) is 11.0. The van der Waals surface area contributed by atoms with Crippen LogP contribution in [0.3, 0.4) is 0 Å². The number of pyridine rings is 1. The van der Waals surface area contributed by atoms with Crippen molar-refractivity contribution in [2.24, 2.45) is 0 Å². The molecule has 3 N–H and O–H groups in total. The number of nitrogens with zero attached hydrogens (tertiary/aromatic N) is 2. The topological polar surface area (TPSA) is 120 Å². The fourth-order valence-electron chi connectivity index (χ4n) is 2.56. The second kappa shape index (κ2) is 10.5. The summed E-state index contributed by atoms with van der Waals surface area (Å²) < 4.78 is 26.4. The fourth-order valence-corrected chi connectivity index (χ4v) is 3.56. The van der Waals surface area contributed by atoms with E-state index in [-0.39, 0.29) is 17.9 Å². The van der Waals surface area contributed by atoms with E-state index < -0.39 is 21.8 Å². The maximum absolute atomic E-state index is 12.1. The molecule has 2 aromatic rings. The first-order chi connectivity index (χ1) is 13.9. The summed E-state index contributed by atoms with van der Waals surface area (Å²) in [6.45, 7) is 5.72. The lowest BCUT2D eigenvalue weighted by molar-refractivity contribution is -0.121. The minimum atomic E-state index is -3.73. The van der Waals surface area contributed by atoms with Gasteiger partial charge in [0.15, 0.2) is 0 Å². The second-order valence-electron chi connectivity index (χ2n) is 6.06. The smallest absolute Gasteiger partial charge is 0.269 e. The molecule has 0 bridgehead atoms. The first-order valence-electron chi connectivity index (χ1n) is 9.21. The van der Waals surface area contributed by atoms with E-state index in [2.05, 4.69) is 39.3 Å². The molecule has 0 unspecified atom stereocenters. The molecule has 0 spiro atoms. The van der Waals surface area contributed by atoms with E-state index in [0.29, 0.717) is 5.56 Å². The molecule has 0 aliphatic carbocycles. The molecule has 156 valence electrons. The summed E-state index contributed by atoms with van der Waals surface area (Å²) in [5, 5.41) is 0. The number of amides is 2. The Kier molecular flexibility index (Phi) is 8.10. The lowest BCUT2D eigenvalue weighted by atomic mass is 10.2. The number of carbonyl (C=O) groups is 2. The van der Waals surface area contributed by atoms with Gasteiger partial charge < -0.3 is 4.90 Å². The van der Waals surface area contributed by atoms with Crippen LogP contribution in [0.2, 0.25) is 0 Å². The van der Waals surface area contributed by atoms with Crippen molar-refractivity contribution in [2.75, 3.05) is 24.5 Å². The van der Waals surface area contributed by atoms with Crippen LogP contribution in [0.5, 0.6) is 0 Å². The Balaban J connectivity index is 1.78. The van der Waals surface area contributed by atoms with Gasteiger partial charge in [0, 0.05) is 49.7 Å². The average Bonchev–Trinajstić information content (AvgIpc) is 2.74. The van der Waals surface area contributed by atoms with Gasteiger partial charge in [-0.2, -0.15) is 0 Å². The van der Waals surface area contributed by atoms with E-state index in [9.17, 15) is 18.0 Å². The number of hydrogen-bond donors (Lipinski definition) is 3. The van der Waals surface area contributed by atoms with Crippen molar-refractivity contribution < 1.29 is 18.0 Å². The molecule has 1 aromatic heterocycles. The maximum Gasteiger partial charge on any atom is 0.269 e. The van der Waals surface area contributed by atoms with Gasteiger partial charge in [0.2, 0.25) is 15.9 Å². The minimum absolute atomic E-state index is 0.0156. The van der Waals surface area contributed by atoms with Crippen molar-refractivity contribution in [3.05, 3.63) is 54.4 Å². The van der Waals surface area contributed by atoms with E-state index in [1.807, 2.05) is 12.1 Å². The number of sulfonamides is 1. The quantitative estimate of drug-likeness (QED) is 0.523. The number of hydrogen-bond acceptors (Lipinski definition) is 6. The zero-order valence-electron chi connectivity index (χ0n) is 16.4. The summed E-state index contributed by atoms with van der Waals surface area (Å²) in [5.41, 5.74) is 6.00. The molecule has 10 heteroatoms. The lowest BCUT2D eigenvalue weighted by Crippen LogP contribution is -2.42. The van der Waals surface area contributed by atoms with Gasteiger partial charge in [-0.3, -0.25) is 25.4 Å². The van der Waals surface area contributed by atoms with E-state index >= 15 is 0 Å². The predicted octanol–water partition coefficient (Wildman–Crippen LogP) is 1.06. The van der Waals surface area contributed by atoms with Gasteiger partial charge in [-0.05, 0) is 50.2 Å². The predicted molar refractivity (Wildman–Crippen MR) is 110 cm³/mol. The van der Waals surface area contributed by atoms with Crippen molar-refractivity contribution in [3.63, 3.8) is 0 Å². The highest BCUT2D eigenvalue weighted by atomic mass is 32.2. The fraction of sp³-hybridized carbons (Fsp3) is 0.316. The number of hydrazine groups is 1. The number of anilines is 1. The van der Waals surface area contributed by atoms with Crippen LogP contribution in [0, 0.1) is 0 Å². The number of nitrogens with one attached hydrogen (secondary N) is 3. The monoisotopic (exact) mass is 419 g/mol. The standard InChI is InChI=1S/C19H25N5O4S/c1-3-24(4-2)16-9-7-15(8-10-16)19(26)23-22-18(25)11-13-21-29(27,28)17-6-5-12-20-14-17/h5-10,12,14,21H,3-4,11,13H2,1-2H3,(H,22,25)(H,23,26). The van der Waals surface area contributed by atoms with Gasteiger partial charge in [0.1, 0.15) is 4.90 Å². The van der Waals surface area contributed by atoms with Crippen LogP contribution in [0.25, 0.3) is 0 Å². The van der Waals surface area contributed by atoms with Crippen LogP contribution in [0.1, 0.15) is 30.6 Å². The molecule has 0 aliphatic heterocycles. The molecule has 29 heavy (non-hydrogen) atoms. The van der Waals surface area contributed by atoms with Crippen molar-refractivity contribution in [1.29, 1.82) is 0 Å².